The van der Waals surface area contributed by atoms with E-state index in [1.54, 1.807) is 0 Å². The van der Waals surface area contributed by atoms with E-state index >= 15 is 0 Å². The molecule has 0 aromatic heterocycles. The minimum atomic E-state index is -0.828. The van der Waals surface area contributed by atoms with Gasteiger partial charge in [0.05, 0.1) is 7.11 Å². The van der Waals surface area contributed by atoms with E-state index in [0.29, 0.717) is 0 Å². The molecule has 0 amide bonds. The van der Waals surface area contributed by atoms with Crippen molar-refractivity contribution in [3.05, 3.63) is 29.8 Å². The Hall–Kier alpha value is -1.55. The first-order valence-corrected chi connectivity index (χ1v) is 7.11. The van der Waals surface area contributed by atoms with E-state index in [4.69, 9.17) is 9.47 Å². The van der Waals surface area contributed by atoms with Gasteiger partial charge in [-0.05, 0) is 37.9 Å². The first kappa shape index (κ1) is 16.5. The third-order valence-corrected chi connectivity index (χ3v) is 3.27. The maximum Gasteiger partial charge on any atom is 0.329 e. The highest BCUT2D eigenvalue weighted by molar-refractivity contribution is 5.80. The van der Waals surface area contributed by atoms with Crippen LogP contribution >= 0.6 is 0 Å². The number of benzene rings is 1. The summed E-state index contributed by atoms with van der Waals surface area (Å²) in [7, 11) is 1.40. The molecule has 0 aliphatic carbocycles. The topological polar surface area (TPSA) is 47.6 Å². The minimum Gasteiger partial charge on any atom is -0.491 e. The number of carbonyl (C=O) groups is 1. The van der Waals surface area contributed by atoms with Crippen LogP contribution in [-0.2, 0) is 16.0 Å². The molecule has 0 aliphatic heterocycles. The van der Waals surface area contributed by atoms with E-state index in [0.717, 1.165) is 30.7 Å². The maximum absolute atomic E-state index is 12.0. The van der Waals surface area contributed by atoms with Crippen LogP contribution in [0.2, 0.25) is 0 Å². The summed E-state index contributed by atoms with van der Waals surface area (Å²) in [5.41, 5.74) is 0.307. The highest BCUT2D eigenvalue weighted by atomic mass is 16.5. The van der Waals surface area contributed by atoms with E-state index in [-0.39, 0.29) is 12.6 Å². The molecule has 4 nitrogen and oxygen atoms in total. The Balaban J connectivity index is 2.78. The lowest BCUT2D eigenvalue weighted by Gasteiger charge is -2.28. The number of aryl methyl sites for hydroxylation is 1. The van der Waals surface area contributed by atoms with Crippen LogP contribution < -0.4 is 10.1 Å². The van der Waals surface area contributed by atoms with E-state index < -0.39 is 5.54 Å². The Morgan fingerprint density at radius 3 is 2.60 bits per heavy atom. The summed E-state index contributed by atoms with van der Waals surface area (Å²) in [5.74, 6) is 0.517. The molecular weight excluding hydrogens is 254 g/mol. The smallest absolute Gasteiger partial charge is 0.329 e. The second-order valence-corrected chi connectivity index (χ2v) is 5.00. The highest BCUT2D eigenvalue weighted by Gasteiger charge is 2.34. The van der Waals surface area contributed by atoms with Gasteiger partial charge in [0, 0.05) is 0 Å². The Bertz CT molecular complexity index is 433. The van der Waals surface area contributed by atoms with Crippen LogP contribution in [0.25, 0.3) is 0 Å². The summed E-state index contributed by atoms with van der Waals surface area (Å²) in [4.78, 5) is 12.0. The fourth-order valence-electron chi connectivity index (χ4n) is 1.97. The predicted octanol–water partition coefficient (Wildman–Crippen LogP) is 2.56. The fraction of sp³-hybridized carbons (Fsp3) is 0.562. The number of nitrogens with one attached hydrogen (secondary N) is 1. The molecule has 0 aliphatic rings. The van der Waals surface area contributed by atoms with Gasteiger partial charge >= 0.3 is 5.97 Å². The van der Waals surface area contributed by atoms with E-state index in [2.05, 4.69) is 19.2 Å². The summed E-state index contributed by atoms with van der Waals surface area (Å²) in [6.07, 6.45) is 1.84. The lowest BCUT2D eigenvalue weighted by atomic mass is 10.0. The molecule has 1 rings (SSSR count). The summed E-state index contributed by atoms with van der Waals surface area (Å²) < 4.78 is 10.7. The molecule has 0 bridgehead atoms. The quantitative estimate of drug-likeness (QED) is 0.743. The second kappa shape index (κ2) is 7.90. The normalized spacial score (nSPS) is 13.6. The van der Waals surface area contributed by atoms with Gasteiger partial charge in [-0.25, -0.2) is 4.79 Å². The number of carbonyl (C=O) groups excluding carboxylic acids is 1. The Kier molecular flexibility index (Phi) is 6.52. The molecule has 1 aromatic carbocycles. The van der Waals surface area contributed by atoms with Crippen molar-refractivity contribution in [3.63, 3.8) is 0 Å². The van der Waals surface area contributed by atoms with Gasteiger partial charge < -0.3 is 9.47 Å². The Labute approximate surface area is 121 Å². The largest absolute Gasteiger partial charge is 0.491 e. The Morgan fingerprint density at radius 1 is 1.30 bits per heavy atom. The van der Waals surface area contributed by atoms with E-state index in [1.807, 2.05) is 31.2 Å². The van der Waals surface area contributed by atoms with Crippen molar-refractivity contribution in [1.29, 1.82) is 0 Å². The van der Waals surface area contributed by atoms with Crippen LogP contribution in [0.15, 0.2) is 24.3 Å². The van der Waals surface area contributed by atoms with Crippen LogP contribution in [0.5, 0.6) is 5.75 Å². The van der Waals surface area contributed by atoms with Crippen molar-refractivity contribution < 1.29 is 14.3 Å². The van der Waals surface area contributed by atoms with Gasteiger partial charge in [-0.2, -0.15) is 0 Å². The van der Waals surface area contributed by atoms with Crippen molar-refractivity contribution in [3.8, 4) is 5.75 Å². The van der Waals surface area contributed by atoms with Gasteiger partial charge in [0.1, 0.15) is 17.9 Å². The minimum absolute atomic E-state index is 0.247. The number of hydrogen-bond acceptors (Lipinski definition) is 4. The molecule has 112 valence electrons. The maximum atomic E-state index is 12.0. The average molecular weight is 279 g/mol. The van der Waals surface area contributed by atoms with Gasteiger partial charge in [-0.1, -0.05) is 32.0 Å². The summed E-state index contributed by atoms with van der Waals surface area (Å²) in [6, 6.07) is 7.88. The van der Waals surface area contributed by atoms with Crippen molar-refractivity contribution in [2.45, 2.75) is 39.2 Å². The lowest BCUT2D eigenvalue weighted by molar-refractivity contribution is -0.149. The SMILES string of the molecule is CCCNC(C)(COc1ccccc1CC)C(=O)OC. The van der Waals surface area contributed by atoms with Gasteiger partial charge in [-0.15, -0.1) is 0 Å². The molecule has 1 N–H and O–H groups in total. The predicted molar refractivity (Wildman–Crippen MR) is 80.0 cm³/mol. The van der Waals surface area contributed by atoms with Gasteiger partial charge in [0.2, 0.25) is 0 Å². The molecule has 1 aromatic rings. The molecule has 0 radical (unpaired) electrons. The third kappa shape index (κ3) is 4.23. The van der Waals surface area contributed by atoms with E-state index in [9.17, 15) is 4.79 Å². The third-order valence-electron chi connectivity index (χ3n) is 3.27. The highest BCUT2D eigenvalue weighted by Crippen LogP contribution is 2.20. The van der Waals surface area contributed by atoms with Crippen LogP contribution in [0.3, 0.4) is 0 Å². The average Bonchev–Trinajstić information content (AvgIpc) is 2.50. The summed E-state index contributed by atoms with van der Waals surface area (Å²) in [5, 5.41) is 3.20. The zero-order valence-electron chi connectivity index (χ0n) is 12.9. The number of ether oxygens (including phenoxy) is 2. The van der Waals surface area contributed by atoms with E-state index in [1.165, 1.54) is 7.11 Å². The molecule has 0 saturated heterocycles. The number of esters is 1. The second-order valence-electron chi connectivity index (χ2n) is 5.00. The number of para-hydroxylation sites is 1. The molecule has 0 spiro atoms. The number of rotatable bonds is 8. The molecule has 0 fully saturated rings. The summed E-state index contributed by atoms with van der Waals surface area (Å²) >= 11 is 0. The fourth-order valence-corrected chi connectivity index (χ4v) is 1.97. The van der Waals surface area contributed by atoms with Gasteiger partial charge in [-0.3, -0.25) is 5.32 Å². The van der Waals surface area contributed by atoms with Crippen molar-refractivity contribution in [1.82, 2.24) is 5.32 Å². The Morgan fingerprint density at radius 2 is 2.00 bits per heavy atom. The lowest BCUT2D eigenvalue weighted by Crippen LogP contribution is -2.54. The molecule has 20 heavy (non-hydrogen) atoms. The van der Waals surface area contributed by atoms with Gasteiger partial charge in [0.25, 0.3) is 0 Å². The zero-order chi connectivity index (χ0) is 15.0. The van der Waals surface area contributed by atoms with Crippen LogP contribution in [-0.4, -0.2) is 31.8 Å². The van der Waals surface area contributed by atoms with Crippen LogP contribution in [0, 0.1) is 0 Å². The molecule has 0 heterocycles. The first-order valence-electron chi connectivity index (χ1n) is 7.11. The molecule has 4 heteroatoms. The molecule has 0 saturated carbocycles. The van der Waals surface area contributed by atoms with Crippen molar-refractivity contribution >= 4 is 5.97 Å². The van der Waals surface area contributed by atoms with Crippen molar-refractivity contribution in [2.75, 3.05) is 20.3 Å². The first-order chi connectivity index (χ1) is 9.57. The zero-order valence-corrected chi connectivity index (χ0v) is 12.9. The van der Waals surface area contributed by atoms with Crippen molar-refractivity contribution in [2.24, 2.45) is 0 Å². The molecular formula is C16H25NO3. The standard InChI is InChI=1S/C16H25NO3/c1-5-11-17-16(3,15(18)19-4)12-20-14-10-8-7-9-13(14)6-2/h7-10,17H,5-6,11-12H2,1-4H3. The summed E-state index contributed by atoms with van der Waals surface area (Å²) in [6.45, 7) is 6.93. The van der Waals surface area contributed by atoms with Gasteiger partial charge in [0.15, 0.2) is 0 Å². The van der Waals surface area contributed by atoms with Crippen LogP contribution in [0.1, 0.15) is 32.8 Å². The molecule has 1 atom stereocenters. The molecule has 1 unspecified atom stereocenters. The van der Waals surface area contributed by atoms with Crippen LogP contribution in [0.4, 0.5) is 0 Å². The monoisotopic (exact) mass is 279 g/mol. The number of methoxy groups -OCH3 is 1. The number of hydrogen-bond donors (Lipinski definition) is 1.